The van der Waals surface area contributed by atoms with Gasteiger partial charge >= 0.3 is 0 Å². The van der Waals surface area contributed by atoms with Gasteiger partial charge in [-0.05, 0) is 36.0 Å². The topological polar surface area (TPSA) is 52.6 Å². The first-order chi connectivity index (χ1) is 10.4. The van der Waals surface area contributed by atoms with Crippen LogP contribution in [0.25, 0.3) is 0 Å². The van der Waals surface area contributed by atoms with Crippen molar-refractivity contribution in [1.82, 2.24) is 0 Å². The summed E-state index contributed by atoms with van der Waals surface area (Å²) in [7, 11) is -3.66. The summed E-state index contributed by atoms with van der Waals surface area (Å²) in [5, 5.41) is 0. The first-order valence-electron chi connectivity index (χ1n) is 7.58. The third kappa shape index (κ3) is 5.26. The number of ether oxygens (including phenoxy) is 1. The van der Waals surface area contributed by atoms with E-state index < -0.39 is 10.1 Å². The van der Waals surface area contributed by atoms with Crippen LogP contribution in [0.2, 0.25) is 0 Å². The lowest BCUT2D eigenvalue weighted by molar-refractivity contribution is 0.166. The second-order valence-corrected chi connectivity index (χ2v) is 8.96. The van der Waals surface area contributed by atoms with Gasteiger partial charge in [0.2, 0.25) is 0 Å². The van der Waals surface area contributed by atoms with E-state index >= 15 is 0 Å². The number of rotatable bonds is 7. The predicted molar refractivity (Wildman–Crippen MR) is 89.2 cm³/mol. The molecule has 1 heterocycles. The molecule has 0 radical (unpaired) electrons. The van der Waals surface area contributed by atoms with Gasteiger partial charge in [-0.25, -0.2) is 0 Å². The quantitative estimate of drug-likeness (QED) is 0.707. The smallest absolute Gasteiger partial charge is 0.296 e. The molecule has 124 valence electrons. The van der Waals surface area contributed by atoms with Crippen LogP contribution in [0.3, 0.4) is 0 Å². The maximum atomic E-state index is 12.1. The van der Waals surface area contributed by atoms with Gasteiger partial charge in [0.1, 0.15) is 5.44 Å². The molecule has 1 aromatic carbocycles. The number of hydrogen-bond donors (Lipinski definition) is 0. The molecule has 6 heteroatoms. The third-order valence-corrected chi connectivity index (χ3v) is 5.82. The van der Waals surface area contributed by atoms with Crippen molar-refractivity contribution in [2.24, 2.45) is 11.8 Å². The molecule has 1 unspecified atom stereocenters. The van der Waals surface area contributed by atoms with Crippen LogP contribution in [0.4, 0.5) is 0 Å². The fraction of sp³-hybridized carbons (Fsp3) is 0.625. The van der Waals surface area contributed by atoms with Crippen LogP contribution in [0.15, 0.2) is 29.2 Å². The highest BCUT2D eigenvalue weighted by molar-refractivity contribution is 7.99. The Balaban J connectivity index is 1.97. The molecule has 2 atom stereocenters. The summed E-state index contributed by atoms with van der Waals surface area (Å²) in [6, 6.07) is 6.98. The molecule has 1 aromatic rings. The molecule has 4 nitrogen and oxygen atoms in total. The van der Waals surface area contributed by atoms with Crippen LogP contribution < -0.4 is 0 Å². The maximum Gasteiger partial charge on any atom is 0.296 e. The van der Waals surface area contributed by atoms with Crippen molar-refractivity contribution in [3.63, 3.8) is 0 Å². The lowest BCUT2D eigenvalue weighted by Crippen LogP contribution is -2.11. The van der Waals surface area contributed by atoms with E-state index in [4.69, 9.17) is 8.92 Å². The minimum absolute atomic E-state index is 0.176. The van der Waals surface area contributed by atoms with Gasteiger partial charge in [0.25, 0.3) is 10.1 Å². The molecule has 1 aliphatic heterocycles. The lowest BCUT2D eigenvalue weighted by atomic mass is 10.2. The minimum atomic E-state index is -3.66. The van der Waals surface area contributed by atoms with Crippen molar-refractivity contribution in [2.75, 3.05) is 13.2 Å². The second kappa shape index (κ2) is 7.81. The van der Waals surface area contributed by atoms with E-state index in [0.29, 0.717) is 5.92 Å². The van der Waals surface area contributed by atoms with Gasteiger partial charge in [0.15, 0.2) is 0 Å². The van der Waals surface area contributed by atoms with Crippen molar-refractivity contribution < 1.29 is 17.3 Å². The Bertz CT molecular complexity index is 584. The molecular weight excluding hydrogens is 320 g/mol. The summed E-state index contributed by atoms with van der Waals surface area (Å²) < 4.78 is 35.0. The number of thioether (sulfide) groups is 1. The van der Waals surface area contributed by atoms with Crippen molar-refractivity contribution in [2.45, 2.75) is 43.3 Å². The van der Waals surface area contributed by atoms with Crippen LogP contribution in [0.1, 0.15) is 32.8 Å². The van der Waals surface area contributed by atoms with Crippen LogP contribution in [-0.4, -0.2) is 27.1 Å². The van der Waals surface area contributed by atoms with Gasteiger partial charge in [-0.2, -0.15) is 8.42 Å². The van der Waals surface area contributed by atoms with Gasteiger partial charge < -0.3 is 4.74 Å². The van der Waals surface area contributed by atoms with Gasteiger partial charge in [-0.15, -0.1) is 11.8 Å². The summed E-state index contributed by atoms with van der Waals surface area (Å²) in [5.41, 5.74) is 1.19. The standard InChI is InChI=1S/C16H24O4S2/c1-12(2)9-20-22(17,18)15-6-4-5-14(8-15)11-21-16-7-13(3)10-19-16/h4-6,8,12-13,16H,7,9-11H2,1-3H3/t13-,16?/m1/s1. The van der Waals surface area contributed by atoms with Crippen LogP contribution >= 0.6 is 11.8 Å². The van der Waals surface area contributed by atoms with E-state index in [-0.39, 0.29) is 22.9 Å². The van der Waals surface area contributed by atoms with Crippen LogP contribution in [0.5, 0.6) is 0 Å². The maximum absolute atomic E-state index is 12.1. The molecular formula is C16H24O4S2. The van der Waals surface area contributed by atoms with Gasteiger partial charge in [-0.3, -0.25) is 4.18 Å². The second-order valence-electron chi connectivity index (χ2n) is 6.19. The molecule has 0 saturated carbocycles. The van der Waals surface area contributed by atoms with E-state index in [1.807, 2.05) is 19.9 Å². The molecule has 0 aromatic heterocycles. The number of hydrogen-bond acceptors (Lipinski definition) is 5. The molecule has 1 fully saturated rings. The summed E-state index contributed by atoms with van der Waals surface area (Å²) in [5.74, 6) is 1.52. The Labute approximate surface area is 137 Å². The highest BCUT2D eigenvalue weighted by Crippen LogP contribution is 2.30. The van der Waals surface area contributed by atoms with Crippen molar-refractivity contribution in [3.8, 4) is 0 Å². The minimum Gasteiger partial charge on any atom is -0.367 e. The SMILES string of the molecule is CC(C)COS(=O)(=O)c1cccc(CSC2C[C@@H](C)CO2)c1. The van der Waals surface area contributed by atoms with Crippen LogP contribution in [0, 0.1) is 11.8 Å². The van der Waals surface area contributed by atoms with E-state index in [9.17, 15) is 8.42 Å². The average Bonchev–Trinajstić information content (AvgIpc) is 2.89. The molecule has 1 aliphatic rings. The molecule has 0 aliphatic carbocycles. The van der Waals surface area contributed by atoms with E-state index in [1.54, 1.807) is 30.0 Å². The zero-order chi connectivity index (χ0) is 16.2. The normalized spacial score (nSPS) is 22.4. The Morgan fingerprint density at radius 2 is 2.18 bits per heavy atom. The summed E-state index contributed by atoms with van der Waals surface area (Å²) in [6.45, 7) is 7.04. The fourth-order valence-electron chi connectivity index (χ4n) is 2.13. The first kappa shape index (κ1) is 17.8. The fourth-order valence-corrected chi connectivity index (χ4v) is 4.45. The Morgan fingerprint density at radius 3 is 2.82 bits per heavy atom. The highest BCUT2D eigenvalue weighted by atomic mass is 32.2. The van der Waals surface area contributed by atoms with E-state index in [0.717, 1.165) is 24.3 Å². The van der Waals surface area contributed by atoms with Crippen molar-refractivity contribution >= 4 is 21.9 Å². The van der Waals surface area contributed by atoms with Crippen molar-refractivity contribution in [3.05, 3.63) is 29.8 Å². The molecule has 0 amide bonds. The Morgan fingerprint density at radius 1 is 1.41 bits per heavy atom. The largest absolute Gasteiger partial charge is 0.367 e. The monoisotopic (exact) mass is 344 g/mol. The molecule has 0 bridgehead atoms. The van der Waals surface area contributed by atoms with Gasteiger partial charge in [0.05, 0.1) is 18.1 Å². The Hall–Kier alpha value is -0.560. The lowest BCUT2D eigenvalue weighted by Gasteiger charge is -2.11. The summed E-state index contributed by atoms with van der Waals surface area (Å²) in [4.78, 5) is 0.229. The van der Waals surface area contributed by atoms with Gasteiger partial charge in [-0.1, -0.05) is 32.9 Å². The van der Waals surface area contributed by atoms with Crippen LogP contribution in [-0.2, 0) is 24.8 Å². The molecule has 2 rings (SSSR count). The first-order valence-corrected chi connectivity index (χ1v) is 10.0. The molecule has 22 heavy (non-hydrogen) atoms. The molecule has 1 saturated heterocycles. The van der Waals surface area contributed by atoms with E-state index in [1.165, 1.54) is 0 Å². The zero-order valence-electron chi connectivity index (χ0n) is 13.3. The number of benzene rings is 1. The molecule has 0 N–H and O–H groups in total. The van der Waals surface area contributed by atoms with Gasteiger partial charge in [0, 0.05) is 5.75 Å². The highest BCUT2D eigenvalue weighted by Gasteiger charge is 2.22. The molecule has 0 spiro atoms. The summed E-state index contributed by atoms with van der Waals surface area (Å²) >= 11 is 1.72. The van der Waals surface area contributed by atoms with E-state index in [2.05, 4.69) is 6.92 Å². The zero-order valence-corrected chi connectivity index (χ0v) is 15.0. The van der Waals surface area contributed by atoms with Crippen molar-refractivity contribution in [1.29, 1.82) is 0 Å². The average molecular weight is 344 g/mol. The summed E-state index contributed by atoms with van der Waals surface area (Å²) in [6.07, 6.45) is 1.06. The Kier molecular flexibility index (Phi) is 6.32. The predicted octanol–water partition coefficient (Wildman–Crippen LogP) is 3.66. The third-order valence-electron chi connectivity index (χ3n) is 3.34.